The third-order valence-electron chi connectivity index (χ3n) is 4.67. The molecule has 0 bridgehead atoms. The zero-order valence-electron chi connectivity index (χ0n) is 14.9. The van der Waals surface area contributed by atoms with E-state index in [1.807, 2.05) is 17.0 Å². The summed E-state index contributed by atoms with van der Waals surface area (Å²) in [6, 6.07) is 8.32. The number of amides is 1. The van der Waals surface area contributed by atoms with Gasteiger partial charge >= 0.3 is 5.97 Å². The van der Waals surface area contributed by atoms with Gasteiger partial charge in [-0.25, -0.2) is 0 Å². The van der Waals surface area contributed by atoms with Gasteiger partial charge in [-0.05, 0) is 56.9 Å². The Morgan fingerprint density at radius 1 is 1.16 bits per heavy atom. The predicted molar refractivity (Wildman–Crippen MR) is 97.7 cm³/mol. The summed E-state index contributed by atoms with van der Waals surface area (Å²) < 4.78 is 5.00. The van der Waals surface area contributed by atoms with Crippen molar-refractivity contribution in [3.05, 3.63) is 24.3 Å². The minimum absolute atomic E-state index is 0.0925. The van der Waals surface area contributed by atoms with Crippen molar-refractivity contribution in [1.82, 2.24) is 4.90 Å². The molecule has 25 heavy (non-hydrogen) atoms. The van der Waals surface area contributed by atoms with E-state index in [0.29, 0.717) is 12.6 Å². The second kappa shape index (κ2) is 8.34. The van der Waals surface area contributed by atoms with E-state index in [-0.39, 0.29) is 25.0 Å². The topological polar surface area (TPSA) is 61.9 Å². The first kappa shape index (κ1) is 17.7. The molecule has 1 aromatic rings. The Morgan fingerprint density at radius 2 is 1.84 bits per heavy atom. The quantitative estimate of drug-likeness (QED) is 0.732. The fourth-order valence-corrected chi connectivity index (χ4v) is 3.24. The summed E-state index contributed by atoms with van der Waals surface area (Å²) >= 11 is 0. The SMILES string of the molecule is CCOC(=O)CN(CC(=O)Nc1ccc(N2CCCC2)cc1)C1CC1. The maximum Gasteiger partial charge on any atom is 0.320 e. The van der Waals surface area contributed by atoms with Gasteiger partial charge in [-0.3, -0.25) is 14.5 Å². The summed E-state index contributed by atoms with van der Waals surface area (Å²) in [4.78, 5) is 28.3. The number of ether oxygens (including phenoxy) is 1. The van der Waals surface area contributed by atoms with Gasteiger partial charge in [-0.1, -0.05) is 0 Å². The van der Waals surface area contributed by atoms with E-state index >= 15 is 0 Å². The lowest BCUT2D eigenvalue weighted by atomic mass is 10.2. The summed E-state index contributed by atoms with van der Waals surface area (Å²) in [7, 11) is 0. The van der Waals surface area contributed by atoms with Crippen LogP contribution >= 0.6 is 0 Å². The number of benzene rings is 1. The van der Waals surface area contributed by atoms with Crippen LogP contribution in [0.3, 0.4) is 0 Å². The summed E-state index contributed by atoms with van der Waals surface area (Å²) in [6.07, 6.45) is 4.57. The highest BCUT2D eigenvalue weighted by Gasteiger charge is 2.31. The molecule has 0 unspecified atom stereocenters. The van der Waals surface area contributed by atoms with Crippen LogP contribution < -0.4 is 10.2 Å². The average molecular weight is 345 g/mol. The second-order valence-corrected chi connectivity index (χ2v) is 6.73. The van der Waals surface area contributed by atoms with Crippen molar-refractivity contribution in [3.63, 3.8) is 0 Å². The fraction of sp³-hybridized carbons (Fsp3) is 0.579. The summed E-state index contributed by atoms with van der Waals surface area (Å²) in [5, 5.41) is 2.93. The van der Waals surface area contributed by atoms with Crippen LogP contribution in [0.15, 0.2) is 24.3 Å². The first-order chi connectivity index (χ1) is 12.2. The van der Waals surface area contributed by atoms with Crippen molar-refractivity contribution in [2.75, 3.05) is 43.0 Å². The Balaban J connectivity index is 1.51. The number of nitrogens with zero attached hydrogens (tertiary/aromatic N) is 2. The summed E-state index contributed by atoms with van der Waals surface area (Å²) in [5.74, 6) is -0.359. The molecule has 0 spiro atoms. The highest BCUT2D eigenvalue weighted by atomic mass is 16.5. The van der Waals surface area contributed by atoms with Crippen LogP contribution in [0, 0.1) is 0 Å². The minimum atomic E-state index is -0.267. The minimum Gasteiger partial charge on any atom is -0.465 e. The third kappa shape index (κ3) is 5.19. The van der Waals surface area contributed by atoms with Gasteiger partial charge < -0.3 is 15.0 Å². The average Bonchev–Trinajstić information content (AvgIpc) is 3.30. The molecule has 1 saturated carbocycles. The number of hydrogen-bond acceptors (Lipinski definition) is 5. The van der Waals surface area contributed by atoms with E-state index in [1.165, 1.54) is 18.5 Å². The van der Waals surface area contributed by atoms with Crippen molar-refractivity contribution in [1.29, 1.82) is 0 Å². The van der Waals surface area contributed by atoms with Gasteiger partial charge in [0, 0.05) is 30.5 Å². The molecule has 1 amide bonds. The molecule has 1 heterocycles. The van der Waals surface area contributed by atoms with Crippen LogP contribution in [-0.4, -0.2) is 55.6 Å². The maximum absolute atomic E-state index is 12.3. The molecule has 1 N–H and O–H groups in total. The molecule has 0 atom stereocenters. The summed E-state index contributed by atoms with van der Waals surface area (Å²) in [6.45, 7) is 4.77. The molecule has 0 aromatic heterocycles. The van der Waals surface area contributed by atoms with Gasteiger partial charge in [0.1, 0.15) is 0 Å². The van der Waals surface area contributed by atoms with E-state index in [0.717, 1.165) is 31.6 Å². The van der Waals surface area contributed by atoms with Crippen LogP contribution in [0.1, 0.15) is 32.6 Å². The molecule has 1 aliphatic heterocycles. The largest absolute Gasteiger partial charge is 0.465 e. The molecule has 3 rings (SSSR count). The van der Waals surface area contributed by atoms with Crippen molar-refractivity contribution in [2.45, 2.75) is 38.6 Å². The molecule has 2 fully saturated rings. The Kier molecular flexibility index (Phi) is 5.91. The molecule has 1 aromatic carbocycles. The van der Waals surface area contributed by atoms with E-state index < -0.39 is 0 Å². The van der Waals surface area contributed by atoms with E-state index in [1.54, 1.807) is 6.92 Å². The van der Waals surface area contributed by atoms with Crippen LogP contribution in [0.4, 0.5) is 11.4 Å². The van der Waals surface area contributed by atoms with Gasteiger partial charge in [0.15, 0.2) is 0 Å². The van der Waals surface area contributed by atoms with E-state index in [4.69, 9.17) is 4.74 Å². The van der Waals surface area contributed by atoms with E-state index in [2.05, 4.69) is 22.3 Å². The predicted octanol–water partition coefficient (Wildman–Crippen LogP) is 2.25. The van der Waals surface area contributed by atoms with Crippen LogP contribution in [0.2, 0.25) is 0 Å². The number of rotatable bonds is 8. The summed E-state index contributed by atoms with van der Waals surface area (Å²) in [5.41, 5.74) is 2.00. The standard InChI is InChI=1S/C19H27N3O3/c1-2-25-19(24)14-22(17-9-10-17)13-18(23)20-15-5-7-16(8-6-15)21-11-3-4-12-21/h5-8,17H,2-4,9-14H2,1H3,(H,20,23). The van der Waals surface area contributed by atoms with Crippen molar-refractivity contribution in [2.24, 2.45) is 0 Å². The van der Waals surface area contributed by atoms with Crippen molar-refractivity contribution >= 4 is 23.3 Å². The van der Waals surface area contributed by atoms with Crippen LogP contribution in [0.5, 0.6) is 0 Å². The zero-order valence-corrected chi connectivity index (χ0v) is 14.9. The number of carbonyl (C=O) groups is 2. The Hall–Kier alpha value is -2.08. The van der Waals surface area contributed by atoms with Gasteiger partial charge in [0.25, 0.3) is 0 Å². The molecule has 2 aliphatic rings. The highest BCUT2D eigenvalue weighted by Crippen LogP contribution is 2.26. The molecule has 136 valence electrons. The zero-order chi connectivity index (χ0) is 17.6. The maximum atomic E-state index is 12.3. The first-order valence-electron chi connectivity index (χ1n) is 9.20. The van der Waals surface area contributed by atoms with E-state index in [9.17, 15) is 9.59 Å². The Labute approximate surface area is 149 Å². The third-order valence-corrected chi connectivity index (χ3v) is 4.67. The molecular weight excluding hydrogens is 318 g/mol. The lowest BCUT2D eigenvalue weighted by Gasteiger charge is -2.20. The molecule has 6 heteroatoms. The van der Waals surface area contributed by atoms with Gasteiger partial charge in [0.05, 0.1) is 19.7 Å². The van der Waals surface area contributed by atoms with Crippen molar-refractivity contribution in [3.8, 4) is 0 Å². The Morgan fingerprint density at radius 3 is 2.44 bits per heavy atom. The van der Waals surface area contributed by atoms with Crippen LogP contribution in [0.25, 0.3) is 0 Å². The number of hydrogen-bond donors (Lipinski definition) is 1. The number of esters is 1. The molecule has 1 aliphatic carbocycles. The fourth-order valence-electron chi connectivity index (χ4n) is 3.24. The normalized spacial score (nSPS) is 17.0. The van der Waals surface area contributed by atoms with Crippen molar-refractivity contribution < 1.29 is 14.3 Å². The molecule has 6 nitrogen and oxygen atoms in total. The first-order valence-corrected chi connectivity index (χ1v) is 9.20. The van der Waals surface area contributed by atoms with Gasteiger partial charge in [0.2, 0.25) is 5.91 Å². The highest BCUT2D eigenvalue weighted by molar-refractivity contribution is 5.92. The smallest absolute Gasteiger partial charge is 0.320 e. The van der Waals surface area contributed by atoms with Gasteiger partial charge in [-0.15, -0.1) is 0 Å². The van der Waals surface area contributed by atoms with Crippen LogP contribution in [-0.2, 0) is 14.3 Å². The number of nitrogens with one attached hydrogen (secondary N) is 1. The molecule has 1 saturated heterocycles. The lowest BCUT2D eigenvalue weighted by molar-refractivity contribution is -0.144. The number of carbonyl (C=O) groups excluding carboxylic acids is 2. The van der Waals surface area contributed by atoms with Gasteiger partial charge in [-0.2, -0.15) is 0 Å². The second-order valence-electron chi connectivity index (χ2n) is 6.73. The molecular formula is C19H27N3O3. The lowest BCUT2D eigenvalue weighted by Crippen LogP contribution is -2.39. The Bertz CT molecular complexity index is 592. The number of anilines is 2. The molecule has 0 radical (unpaired) electrons. The monoisotopic (exact) mass is 345 g/mol.